The van der Waals surface area contributed by atoms with Gasteiger partial charge in [-0.2, -0.15) is 0 Å². The molecule has 1 saturated carbocycles. The number of aliphatic hydroxyl groups is 1. The fraction of sp³-hybridized carbons (Fsp3) is 1.00. The summed E-state index contributed by atoms with van der Waals surface area (Å²) in [5.41, 5.74) is -0.262. The minimum absolute atomic E-state index is 0.249. The molecule has 2 aliphatic rings. The molecule has 0 amide bonds. The van der Waals surface area contributed by atoms with Crippen LogP contribution in [0.15, 0.2) is 0 Å². The summed E-state index contributed by atoms with van der Waals surface area (Å²) in [4.78, 5) is 0. The van der Waals surface area contributed by atoms with E-state index in [0.29, 0.717) is 5.92 Å². The Hall–Kier alpha value is -0.0800. The number of hydrogen-bond donors (Lipinski definition) is 1. The van der Waals surface area contributed by atoms with Crippen LogP contribution in [0.25, 0.3) is 0 Å². The highest BCUT2D eigenvalue weighted by molar-refractivity contribution is 4.92. The Kier molecular flexibility index (Phi) is 4.48. The average molecular weight is 240 g/mol. The Bertz CT molecular complexity index is 225. The lowest BCUT2D eigenvalue weighted by Crippen LogP contribution is -2.49. The zero-order valence-electron chi connectivity index (χ0n) is 11.5. The molecule has 2 atom stereocenters. The van der Waals surface area contributed by atoms with Crippen LogP contribution >= 0.6 is 0 Å². The molecule has 1 heterocycles. The third-order valence-electron chi connectivity index (χ3n) is 5.04. The third-order valence-corrected chi connectivity index (χ3v) is 5.04. The van der Waals surface area contributed by atoms with Crippen LogP contribution in [0.2, 0.25) is 0 Å². The first kappa shape index (κ1) is 13.4. The Balaban J connectivity index is 1.89. The van der Waals surface area contributed by atoms with Crippen molar-refractivity contribution in [2.45, 2.75) is 76.9 Å². The molecule has 2 rings (SSSR count). The van der Waals surface area contributed by atoms with Gasteiger partial charge in [0.05, 0.1) is 11.7 Å². The molecule has 0 aromatic heterocycles. The van der Waals surface area contributed by atoms with Gasteiger partial charge in [-0.3, -0.25) is 0 Å². The molecule has 2 nitrogen and oxygen atoms in total. The van der Waals surface area contributed by atoms with E-state index in [4.69, 9.17) is 4.74 Å². The molecule has 1 N–H and O–H groups in total. The summed E-state index contributed by atoms with van der Waals surface area (Å²) in [5, 5.41) is 10.6. The molecule has 2 heteroatoms. The Morgan fingerprint density at radius 1 is 1.24 bits per heavy atom. The van der Waals surface area contributed by atoms with Gasteiger partial charge in [0.15, 0.2) is 0 Å². The molecule has 1 saturated heterocycles. The Labute approximate surface area is 106 Å². The van der Waals surface area contributed by atoms with E-state index >= 15 is 0 Å². The third kappa shape index (κ3) is 3.03. The lowest BCUT2D eigenvalue weighted by Gasteiger charge is -2.43. The zero-order chi connectivity index (χ0) is 12.3. The predicted molar refractivity (Wildman–Crippen MR) is 70.0 cm³/mol. The van der Waals surface area contributed by atoms with Gasteiger partial charge in [-0.15, -0.1) is 0 Å². The second kappa shape index (κ2) is 5.71. The topological polar surface area (TPSA) is 29.5 Å². The molecule has 17 heavy (non-hydrogen) atoms. The van der Waals surface area contributed by atoms with Crippen molar-refractivity contribution in [3.63, 3.8) is 0 Å². The largest absolute Gasteiger partial charge is 0.390 e. The van der Waals surface area contributed by atoms with Gasteiger partial charge in [0.2, 0.25) is 0 Å². The van der Waals surface area contributed by atoms with Gasteiger partial charge in [-0.1, -0.05) is 26.2 Å². The van der Waals surface area contributed by atoms with Crippen LogP contribution in [0.4, 0.5) is 0 Å². The molecule has 0 spiro atoms. The van der Waals surface area contributed by atoms with Gasteiger partial charge in [0.1, 0.15) is 0 Å². The molecule has 2 fully saturated rings. The van der Waals surface area contributed by atoms with Gasteiger partial charge in [-0.05, 0) is 50.9 Å². The minimum Gasteiger partial charge on any atom is -0.390 e. The highest BCUT2D eigenvalue weighted by Gasteiger charge is 2.41. The van der Waals surface area contributed by atoms with Crippen molar-refractivity contribution in [1.29, 1.82) is 0 Å². The standard InChI is InChI=1S/C15H28O2/c1-3-12-6-8-13(9-7-12)14(16)15(2)10-4-5-11-17-15/h12-14,16H,3-11H2,1-2H3. The van der Waals surface area contributed by atoms with Crippen molar-refractivity contribution in [3.05, 3.63) is 0 Å². The summed E-state index contributed by atoms with van der Waals surface area (Å²) in [6.07, 6.45) is 9.43. The van der Waals surface area contributed by atoms with E-state index in [1.807, 2.05) is 0 Å². The average Bonchev–Trinajstić information content (AvgIpc) is 2.39. The fourth-order valence-corrected chi connectivity index (χ4v) is 3.60. The van der Waals surface area contributed by atoms with E-state index < -0.39 is 0 Å². The summed E-state index contributed by atoms with van der Waals surface area (Å²) in [7, 11) is 0. The van der Waals surface area contributed by atoms with Gasteiger partial charge < -0.3 is 9.84 Å². The second-order valence-corrected chi connectivity index (χ2v) is 6.25. The van der Waals surface area contributed by atoms with Gasteiger partial charge in [0, 0.05) is 6.61 Å². The van der Waals surface area contributed by atoms with E-state index in [9.17, 15) is 5.11 Å². The quantitative estimate of drug-likeness (QED) is 0.818. The monoisotopic (exact) mass is 240 g/mol. The first-order chi connectivity index (χ1) is 8.15. The SMILES string of the molecule is CCC1CCC(C(O)C2(C)CCCCO2)CC1. The molecule has 0 aromatic carbocycles. The van der Waals surface area contributed by atoms with E-state index in [0.717, 1.165) is 25.4 Å². The number of ether oxygens (including phenoxy) is 1. The van der Waals surface area contributed by atoms with E-state index in [-0.39, 0.29) is 11.7 Å². The van der Waals surface area contributed by atoms with Crippen molar-refractivity contribution in [2.24, 2.45) is 11.8 Å². The van der Waals surface area contributed by atoms with Gasteiger partial charge in [0.25, 0.3) is 0 Å². The predicted octanol–water partition coefficient (Wildman–Crippen LogP) is 3.52. The fourth-order valence-electron chi connectivity index (χ4n) is 3.60. The summed E-state index contributed by atoms with van der Waals surface area (Å²) in [6, 6.07) is 0. The molecule has 100 valence electrons. The molecule has 0 aromatic rings. The maximum atomic E-state index is 10.6. The van der Waals surface area contributed by atoms with Crippen LogP contribution in [-0.4, -0.2) is 23.4 Å². The van der Waals surface area contributed by atoms with Crippen LogP contribution in [0.3, 0.4) is 0 Å². The first-order valence-corrected chi connectivity index (χ1v) is 7.47. The van der Waals surface area contributed by atoms with Crippen molar-refractivity contribution in [2.75, 3.05) is 6.61 Å². The Morgan fingerprint density at radius 2 is 1.94 bits per heavy atom. The normalized spacial score (nSPS) is 41.1. The van der Waals surface area contributed by atoms with Crippen LogP contribution in [0, 0.1) is 11.8 Å². The summed E-state index contributed by atoms with van der Waals surface area (Å²) >= 11 is 0. The molecule has 2 unspecified atom stereocenters. The number of hydrogen-bond acceptors (Lipinski definition) is 2. The summed E-state index contributed by atoms with van der Waals surface area (Å²) in [5.74, 6) is 1.37. The molecular formula is C15H28O2. The van der Waals surface area contributed by atoms with E-state index in [1.54, 1.807) is 0 Å². The van der Waals surface area contributed by atoms with Crippen LogP contribution < -0.4 is 0 Å². The van der Waals surface area contributed by atoms with Gasteiger partial charge >= 0.3 is 0 Å². The number of aliphatic hydroxyl groups excluding tert-OH is 1. The van der Waals surface area contributed by atoms with Crippen molar-refractivity contribution >= 4 is 0 Å². The smallest absolute Gasteiger partial charge is 0.0914 e. The van der Waals surface area contributed by atoms with Crippen molar-refractivity contribution in [3.8, 4) is 0 Å². The molecular weight excluding hydrogens is 212 g/mol. The maximum absolute atomic E-state index is 10.6. The summed E-state index contributed by atoms with van der Waals surface area (Å²) in [6.45, 7) is 5.23. The highest BCUT2D eigenvalue weighted by atomic mass is 16.5. The van der Waals surface area contributed by atoms with Crippen LogP contribution in [0.5, 0.6) is 0 Å². The van der Waals surface area contributed by atoms with Crippen LogP contribution in [-0.2, 0) is 4.74 Å². The van der Waals surface area contributed by atoms with Crippen LogP contribution in [0.1, 0.15) is 65.2 Å². The van der Waals surface area contributed by atoms with E-state index in [1.165, 1.54) is 38.5 Å². The second-order valence-electron chi connectivity index (χ2n) is 6.25. The minimum atomic E-state index is -0.262. The van der Waals surface area contributed by atoms with Gasteiger partial charge in [-0.25, -0.2) is 0 Å². The highest BCUT2D eigenvalue weighted by Crippen LogP contribution is 2.39. The molecule has 0 bridgehead atoms. The zero-order valence-corrected chi connectivity index (χ0v) is 11.5. The molecule has 1 aliphatic heterocycles. The van der Waals surface area contributed by atoms with E-state index in [2.05, 4.69) is 13.8 Å². The Morgan fingerprint density at radius 3 is 2.47 bits per heavy atom. The number of rotatable bonds is 3. The lowest BCUT2D eigenvalue weighted by atomic mass is 9.73. The van der Waals surface area contributed by atoms with Crippen molar-refractivity contribution in [1.82, 2.24) is 0 Å². The molecule has 1 aliphatic carbocycles. The maximum Gasteiger partial charge on any atom is 0.0914 e. The lowest BCUT2D eigenvalue weighted by molar-refractivity contribution is -0.157. The van der Waals surface area contributed by atoms with Crippen molar-refractivity contribution < 1.29 is 9.84 Å². The summed E-state index contributed by atoms with van der Waals surface area (Å²) < 4.78 is 5.88. The molecule has 0 radical (unpaired) electrons. The first-order valence-electron chi connectivity index (χ1n) is 7.47.